The summed E-state index contributed by atoms with van der Waals surface area (Å²) in [4.78, 5) is 24.5. The average molecular weight is 347 g/mol. The van der Waals surface area contributed by atoms with Crippen molar-refractivity contribution in [1.82, 2.24) is 10.6 Å². The van der Waals surface area contributed by atoms with Crippen molar-refractivity contribution >= 4 is 11.8 Å². The second kappa shape index (κ2) is 7.54. The van der Waals surface area contributed by atoms with E-state index in [0.29, 0.717) is 31.7 Å². The fourth-order valence-corrected chi connectivity index (χ4v) is 3.14. The van der Waals surface area contributed by atoms with Gasteiger partial charge in [0.2, 0.25) is 5.91 Å². The lowest BCUT2D eigenvalue weighted by Gasteiger charge is -2.57. The van der Waals surface area contributed by atoms with Crippen molar-refractivity contribution in [3.8, 4) is 0 Å². The lowest BCUT2D eigenvalue weighted by Crippen LogP contribution is -2.75. The fraction of sp³-hybridized carbons (Fsp3) is 0.579. The molecule has 4 N–H and O–H groups in total. The van der Waals surface area contributed by atoms with E-state index in [1.54, 1.807) is 12.1 Å². The minimum atomic E-state index is -0.937. The first-order chi connectivity index (χ1) is 11.7. The number of ether oxygens (including phenoxy) is 1. The molecule has 1 aromatic rings. The summed E-state index contributed by atoms with van der Waals surface area (Å²) in [5.41, 5.74) is 6.66. The first kappa shape index (κ1) is 19.4. The molecule has 1 aliphatic carbocycles. The van der Waals surface area contributed by atoms with Gasteiger partial charge in [-0.25, -0.2) is 0 Å². The molecule has 1 fully saturated rings. The molecule has 25 heavy (non-hydrogen) atoms. The number of hydrogen-bond donors (Lipinski definition) is 3. The molecule has 138 valence electrons. The molecule has 1 aromatic carbocycles. The van der Waals surface area contributed by atoms with Crippen LogP contribution in [0.15, 0.2) is 24.3 Å². The summed E-state index contributed by atoms with van der Waals surface area (Å²) in [5.74, 6) is -0.352. The largest absolute Gasteiger partial charge is 0.378 e. The van der Waals surface area contributed by atoms with Crippen LogP contribution in [-0.4, -0.2) is 43.2 Å². The molecule has 0 aromatic heterocycles. The van der Waals surface area contributed by atoms with Crippen LogP contribution in [0.1, 0.15) is 43.1 Å². The highest BCUT2D eigenvalue weighted by Gasteiger charge is 2.62. The highest BCUT2D eigenvalue weighted by Crippen LogP contribution is 2.49. The maximum absolute atomic E-state index is 12.5. The number of rotatable bonds is 7. The molecule has 0 saturated heterocycles. The Morgan fingerprint density at radius 3 is 2.36 bits per heavy atom. The van der Waals surface area contributed by atoms with Crippen LogP contribution in [0.25, 0.3) is 0 Å². The topological polar surface area (TPSA) is 93.4 Å². The number of carbonyl (C=O) groups excluding carboxylic acids is 2. The lowest BCUT2D eigenvalue weighted by molar-refractivity contribution is -0.170. The number of benzene rings is 1. The van der Waals surface area contributed by atoms with Crippen LogP contribution >= 0.6 is 0 Å². The quantitative estimate of drug-likeness (QED) is 0.650. The minimum absolute atomic E-state index is 0.00510. The van der Waals surface area contributed by atoms with Crippen molar-refractivity contribution in [2.24, 2.45) is 11.1 Å². The van der Waals surface area contributed by atoms with E-state index in [-0.39, 0.29) is 17.9 Å². The Hall–Kier alpha value is -1.92. The summed E-state index contributed by atoms with van der Waals surface area (Å²) in [6.07, 6.45) is 0.504. The maximum atomic E-state index is 12.5. The van der Waals surface area contributed by atoms with Gasteiger partial charge in [-0.3, -0.25) is 9.59 Å². The van der Waals surface area contributed by atoms with E-state index in [0.717, 1.165) is 5.56 Å². The number of aryl methyl sites for hydroxylation is 1. The van der Waals surface area contributed by atoms with E-state index < -0.39 is 11.0 Å². The Bertz CT molecular complexity index is 627. The zero-order valence-electron chi connectivity index (χ0n) is 15.5. The van der Waals surface area contributed by atoms with E-state index in [1.165, 1.54) is 0 Å². The van der Waals surface area contributed by atoms with Crippen LogP contribution < -0.4 is 16.4 Å². The Kier molecular flexibility index (Phi) is 5.85. The van der Waals surface area contributed by atoms with Gasteiger partial charge in [0.1, 0.15) is 5.54 Å². The molecule has 2 rings (SSSR count). The van der Waals surface area contributed by atoms with E-state index >= 15 is 0 Å². The molecule has 0 heterocycles. The van der Waals surface area contributed by atoms with Crippen LogP contribution in [-0.2, 0) is 9.53 Å². The van der Waals surface area contributed by atoms with Gasteiger partial charge in [-0.2, -0.15) is 0 Å². The average Bonchev–Trinajstić information content (AvgIpc) is 2.58. The third-order valence-electron chi connectivity index (χ3n) is 5.25. The molecular formula is C19H29N3O3. The van der Waals surface area contributed by atoms with Crippen LogP contribution in [0.2, 0.25) is 0 Å². The lowest BCUT2D eigenvalue weighted by atomic mass is 9.54. The van der Waals surface area contributed by atoms with E-state index in [2.05, 4.69) is 10.6 Å². The normalized spacial score (nSPS) is 24.3. The fourth-order valence-electron chi connectivity index (χ4n) is 3.14. The molecule has 2 unspecified atom stereocenters. The van der Waals surface area contributed by atoms with Gasteiger partial charge in [0.25, 0.3) is 5.91 Å². The molecular weight excluding hydrogens is 318 g/mol. The van der Waals surface area contributed by atoms with Gasteiger partial charge in [-0.1, -0.05) is 31.5 Å². The van der Waals surface area contributed by atoms with Crippen molar-refractivity contribution in [3.63, 3.8) is 0 Å². The van der Waals surface area contributed by atoms with Crippen LogP contribution in [0.4, 0.5) is 0 Å². The first-order valence-corrected chi connectivity index (χ1v) is 8.76. The molecule has 6 nitrogen and oxygen atoms in total. The van der Waals surface area contributed by atoms with E-state index in [4.69, 9.17) is 10.5 Å². The van der Waals surface area contributed by atoms with Gasteiger partial charge >= 0.3 is 0 Å². The predicted octanol–water partition coefficient (Wildman–Crippen LogP) is 1.37. The van der Waals surface area contributed by atoms with Crippen LogP contribution in [0.5, 0.6) is 0 Å². The number of hydrogen-bond acceptors (Lipinski definition) is 4. The van der Waals surface area contributed by atoms with Gasteiger partial charge in [0.05, 0.1) is 6.10 Å². The van der Waals surface area contributed by atoms with E-state index in [9.17, 15) is 9.59 Å². The summed E-state index contributed by atoms with van der Waals surface area (Å²) in [7, 11) is 0. The Morgan fingerprint density at radius 2 is 1.80 bits per heavy atom. The first-order valence-electron chi connectivity index (χ1n) is 8.76. The van der Waals surface area contributed by atoms with E-state index in [1.807, 2.05) is 39.8 Å². The SMILES string of the molecule is CCOC1CC(N)(C(=O)NCCNC(=O)c2ccc(C)cc2)C1(C)C. The molecule has 1 aliphatic rings. The van der Waals surface area contributed by atoms with Crippen molar-refractivity contribution in [2.75, 3.05) is 19.7 Å². The second-order valence-corrected chi connectivity index (χ2v) is 7.22. The van der Waals surface area contributed by atoms with Crippen molar-refractivity contribution in [1.29, 1.82) is 0 Å². The molecule has 1 saturated carbocycles. The monoisotopic (exact) mass is 347 g/mol. The van der Waals surface area contributed by atoms with Crippen LogP contribution in [0, 0.1) is 12.3 Å². The van der Waals surface area contributed by atoms with Crippen molar-refractivity contribution in [2.45, 2.75) is 45.8 Å². The molecule has 0 aliphatic heterocycles. The molecule has 2 atom stereocenters. The number of carbonyl (C=O) groups is 2. The summed E-state index contributed by atoms with van der Waals surface area (Å²) in [5, 5.41) is 5.62. The molecule has 0 spiro atoms. The highest BCUT2D eigenvalue weighted by molar-refractivity contribution is 5.94. The van der Waals surface area contributed by atoms with Gasteiger partial charge in [0.15, 0.2) is 0 Å². The van der Waals surface area contributed by atoms with Gasteiger partial charge < -0.3 is 21.1 Å². The van der Waals surface area contributed by atoms with Crippen molar-refractivity contribution < 1.29 is 14.3 Å². The summed E-state index contributed by atoms with van der Waals surface area (Å²) in [6.45, 7) is 9.11. The smallest absolute Gasteiger partial charge is 0.251 e. The zero-order chi connectivity index (χ0) is 18.7. The Labute approximate surface area is 149 Å². The Balaban J connectivity index is 1.77. The number of amides is 2. The molecule has 0 radical (unpaired) electrons. The number of nitrogens with two attached hydrogens (primary N) is 1. The standard InChI is InChI=1S/C19H29N3O3/c1-5-25-15-12-19(20,18(15,3)4)17(24)22-11-10-21-16(23)14-8-6-13(2)7-9-14/h6-9,15H,5,10-12,20H2,1-4H3,(H,21,23)(H,22,24). The third-order valence-corrected chi connectivity index (χ3v) is 5.25. The summed E-state index contributed by atoms with van der Waals surface area (Å²) < 4.78 is 5.64. The van der Waals surface area contributed by atoms with Gasteiger partial charge in [0, 0.05) is 37.1 Å². The minimum Gasteiger partial charge on any atom is -0.378 e. The highest BCUT2D eigenvalue weighted by atomic mass is 16.5. The second-order valence-electron chi connectivity index (χ2n) is 7.22. The van der Waals surface area contributed by atoms with Crippen molar-refractivity contribution in [3.05, 3.63) is 35.4 Å². The third kappa shape index (κ3) is 3.85. The number of nitrogens with one attached hydrogen (secondary N) is 2. The molecule has 2 amide bonds. The Morgan fingerprint density at radius 1 is 1.20 bits per heavy atom. The molecule has 0 bridgehead atoms. The van der Waals surface area contributed by atoms with Gasteiger partial charge in [-0.05, 0) is 26.0 Å². The summed E-state index contributed by atoms with van der Waals surface area (Å²) >= 11 is 0. The maximum Gasteiger partial charge on any atom is 0.251 e. The summed E-state index contributed by atoms with van der Waals surface area (Å²) in [6, 6.07) is 7.34. The predicted molar refractivity (Wildman–Crippen MR) is 97.3 cm³/mol. The van der Waals surface area contributed by atoms with Gasteiger partial charge in [-0.15, -0.1) is 0 Å². The van der Waals surface area contributed by atoms with Crippen LogP contribution in [0.3, 0.4) is 0 Å². The zero-order valence-corrected chi connectivity index (χ0v) is 15.5. The molecule has 6 heteroatoms.